The Bertz CT molecular complexity index is 407. The van der Waals surface area contributed by atoms with Crippen molar-refractivity contribution in [2.45, 2.75) is 25.6 Å². The number of carbonyl (C=O) groups excluding carboxylic acids is 1. The predicted molar refractivity (Wildman–Crippen MR) is 71.9 cm³/mol. The fourth-order valence-electron chi connectivity index (χ4n) is 2.53. The minimum absolute atomic E-state index is 0.141. The summed E-state index contributed by atoms with van der Waals surface area (Å²) in [6.45, 7) is 4.02. The summed E-state index contributed by atoms with van der Waals surface area (Å²) in [5, 5.41) is 0. The summed E-state index contributed by atoms with van der Waals surface area (Å²) >= 11 is 0. The van der Waals surface area contributed by atoms with E-state index in [4.69, 9.17) is 5.73 Å². The van der Waals surface area contributed by atoms with Gasteiger partial charge in [-0.05, 0) is 19.5 Å². The van der Waals surface area contributed by atoms with Gasteiger partial charge in [-0.1, -0.05) is 30.3 Å². The van der Waals surface area contributed by atoms with Gasteiger partial charge in [0.25, 0.3) is 0 Å². The number of likely N-dealkylation sites (N-methyl/N-ethyl adjacent to an activating group) is 1. The molecule has 0 radical (unpaired) electrons. The number of hydrogen-bond donors (Lipinski definition) is 1. The highest BCUT2D eigenvalue weighted by Gasteiger charge is 2.35. The standard InChI is InChI=1S/C14H21N3O/c1-11-9-16(2)13(8-15)14(18)17(11)10-12-6-4-3-5-7-12/h3-7,11,13H,8-10,15H2,1-2H3. The number of hydrogen-bond acceptors (Lipinski definition) is 3. The van der Waals surface area contributed by atoms with Crippen molar-refractivity contribution in [3.63, 3.8) is 0 Å². The van der Waals surface area contributed by atoms with E-state index in [-0.39, 0.29) is 18.0 Å². The van der Waals surface area contributed by atoms with E-state index in [1.54, 1.807) is 0 Å². The van der Waals surface area contributed by atoms with Crippen molar-refractivity contribution in [3.8, 4) is 0 Å². The average Bonchev–Trinajstić information content (AvgIpc) is 2.36. The second-order valence-corrected chi connectivity index (χ2v) is 4.99. The quantitative estimate of drug-likeness (QED) is 0.854. The first-order valence-corrected chi connectivity index (χ1v) is 6.38. The number of benzene rings is 1. The van der Waals surface area contributed by atoms with Gasteiger partial charge in [-0.25, -0.2) is 0 Å². The minimum Gasteiger partial charge on any atom is -0.333 e. The van der Waals surface area contributed by atoms with Crippen LogP contribution in [0, 0.1) is 0 Å². The monoisotopic (exact) mass is 247 g/mol. The number of carbonyl (C=O) groups is 1. The van der Waals surface area contributed by atoms with Gasteiger partial charge in [0, 0.05) is 25.7 Å². The fraction of sp³-hybridized carbons (Fsp3) is 0.500. The summed E-state index contributed by atoms with van der Waals surface area (Å²) in [4.78, 5) is 16.4. The molecule has 4 heteroatoms. The molecule has 2 rings (SSSR count). The van der Waals surface area contributed by atoms with Crippen LogP contribution < -0.4 is 5.73 Å². The lowest BCUT2D eigenvalue weighted by molar-refractivity contribution is -0.144. The van der Waals surface area contributed by atoms with Gasteiger partial charge < -0.3 is 10.6 Å². The summed E-state index contributed by atoms with van der Waals surface area (Å²) < 4.78 is 0. The van der Waals surface area contributed by atoms with Crippen molar-refractivity contribution in [2.24, 2.45) is 5.73 Å². The molecule has 1 aromatic rings. The van der Waals surface area contributed by atoms with Crippen LogP contribution in [0.3, 0.4) is 0 Å². The Morgan fingerprint density at radius 1 is 1.33 bits per heavy atom. The number of piperazine rings is 1. The molecule has 1 heterocycles. The predicted octanol–water partition coefficient (Wildman–Crippen LogP) is 0.676. The Balaban J connectivity index is 2.13. The number of nitrogens with two attached hydrogens (primary N) is 1. The highest BCUT2D eigenvalue weighted by molar-refractivity contribution is 5.83. The van der Waals surface area contributed by atoms with Crippen LogP contribution in [0.25, 0.3) is 0 Å². The van der Waals surface area contributed by atoms with Gasteiger partial charge in [0.2, 0.25) is 5.91 Å². The molecule has 18 heavy (non-hydrogen) atoms. The molecule has 98 valence electrons. The molecule has 0 bridgehead atoms. The molecular formula is C14H21N3O. The van der Waals surface area contributed by atoms with Gasteiger partial charge in [0.1, 0.15) is 6.04 Å². The van der Waals surface area contributed by atoms with Gasteiger partial charge in [-0.15, -0.1) is 0 Å². The first-order valence-electron chi connectivity index (χ1n) is 6.38. The van der Waals surface area contributed by atoms with E-state index in [1.165, 1.54) is 0 Å². The van der Waals surface area contributed by atoms with E-state index in [9.17, 15) is 4.79 Å². The van der Waals surface area contributed by atoms with Crippen LogP contribution in [0.5, 0.6) is 0 Å². The maximum absolute atomic E-state index is 12.4. The Morgan fingerprint density at radius 2 is 2.00 bits per heavy atom. The maximum Gasteiger partial charge on any atom is 0.241 e. The Labute approximate surface area is 108 Å². The molecule has 2 unspecified atom stereocenters. The number of rotatable bonds is 3. The van der Waals surface area contributed by atoms with Gasteiger partial charge >= 0.3 is 0 Å². The second kappa shape index (κ2) is 5.50. The van der Waals surface area contributed by atoms with Crippen molar-refractivity contribution >= 4 is 5.91 Å². The Morgan fingerprint density at radius 3 is 2.61 bits per heavy atom. The van der Waals surface area contributed by atoms with Crippen LogP contribution in [0.15, 0.2) is 30.3 Å². The Kier molecular flexibility index (Phi) is 3.99. The molecular weight excluding hydrogens is 226 g/mol. The van der Waals surface area contributed by atoms with E-state index in [2.05, 4.69) is 24.0 Å². The third-order valence-corrected chi connectivity index (χ3v) is 3.60. The summed E-state index contributed by atoms with van der Waals surface area (Å²) in [6.07, 6.45) is 0. The lowest BCUT2D eigenvalue weighted by Crippen LogP contribution is -2.61. The van der Waals surface area contributed by atoms with Crippen LogP contribution >= 0.6 is 0 Å². The maximum atomic E-state index is 12.4. The molecule has 1 aliphatic rings. The normalized spacial score (nSPS) is 25.5. The highest BCUT2D eigenvalue weighted by atomic mass is 16.2. The van der Waals surface area contributed by atoms with Crippen molar-refractivity contribution in [1.29, 1.82) is 0 Å². The van der Waals surface area contributed by atoms with Gasteiger partial charge in [-0.2, -0.15) is 0 Å². The molecule has 0 aliphatic carbocycles. The molecule has 1 saturated heterocycles. The van der Waals surface area contributed by atoms with E-state index in [0.29, 0.717) is 13.1 Å². The first kappa shape index (κ1) is 13.1. The van der Waals surface area contributed by atoms with E-state index < -0.39 is 0 Å². The van der Waals surface area contributed by atoms with Crippen LogP contribution in [-0.2, 0) is 11.3 Å². The van der Waals surface area contributed by atoms with E-state index in [0.717, 1.165) is 12.1 Å². The van der Waals surface area contributed by atoms with E-state index in [1.807, 2.05) is 30.1 Å². The van der Waals surface area contributed by atoms with Crippen LogP contribution in [0.2, 0.25) is 0 Å². The van der Waals surface area contributed by atoms with E-state index >= 15 is 0 Å². The van der Waals surface area contributed by atoms with Crippen molar-refractivity contribution in [3.05, 3.63) is 35.9 Å². The molecule has 1 amide bonds. The van der Waals surface area contributed by atoms with Crippen LogP contribution in [0.1, 0.15) is 12.5 Å². The summed E-state index contributed by atoms with van der Waals surface area (Å²) in [6, 6.07) is 10.1. The molecule has 0 aromatic heterocycles. The molecule has 2 N–H and O–H groups in total. The lowest BCUT2D eigenvalue weighted by Gasteiger charge is -2.42. The molecule has 1 aromatic carbocycles. The molecule has 4 nitrogen and oxygen atoms in total. The summed E-state index contributed by atoms with van der Waals surface area (Å²) in [5.41, 5.74) is 6.86. The van der Waals surface area contributed by atoms with Gasteiger partial charge in [0.15, 0.2) is 0 Å². The lowest BCUT2D eigenvalue weighted by atomic mass is 10.1. The summed E-state index contributed by atoms with van der Waals surface area (Å²) in [5.74, 6) is 0.141. The highest BCUT2D eigenvalue weighted by Crippen LogP contribution is 2.17. The molecule has 2 atom stereocenters. The van der Waals surface area contributed by atoms with Crippen molar-refractivity contribution in [2.75, 3.05) is 20.1 Å². The average molecular weight is 247 g/mol. The molecule has 0 spiro atoms. The number of nitrogens with zero attached hydrogens (tertiary/aromatic N) is 2. The fourth-order valence-corrected chi connectivity index (χ4v) is 2.53. The molecule has 1 fully saturated rings. The molecule has 0 saturated carbocycles. The smallest absolute Gasteiger partial charge is 0.241 e. The van der Waals surface area contributed by atoms with Crippen LogP contribution in [0.4, 0.5) is 0 Å². The van der Waals surface area contributed by atoms with Crippen molar-refractivity contribution < 1.29 is 4.79 Å². The van der Waals surface area contributed by atoms with Crippen molar-refractivity contribution in [1.82, 2.24) is 9.80 Å². The minimum atomic E-state index is -0.176. The SMILES string of the molecule is CC1CN(C)C(CN)C(=O)N1Cc1ccccc1. The zero-order valence-electron chi connectivity index (χ0n) is 11.0. The number of amides is 1. The third kappa shape index (κ3) is 2.54. The topological polar surface area (TPSA) is 49.6 Å². The van der Waals surface area contributed by atoms with Crippen LogP contribution in [-0.4, -0.2) is 47.9 Å². The van der Waals surface area contributed by atoms with Gasteiger partial charge in [-0.3, -0.25) is 9.69 Å². The third-order valence-electron chi connectivity index (χ3n) is 3.60. The molecule has 1 aliphatic heterocycles. The zero-order chi connectivity index (χ0) is 13.1. The summed E-state index contributed by atoms with van der Waals surface area (Å²) in [7, 11) is 1.96. The largest absolute Gasteiger partial charge is 0.333 e. The first-order chi connectivity index (χ1) is 8.63. The second-order valence-electron chi connectivity index (χ2n) is 4.99. The van der Waals surface area contributed by atoms with Gasteiger partial charge in [0.05, 0.1) is 0 Å². The zero-order valence-corrected chi connectivity index (χ0v) is 11.0. The Hall–Kier alpha value is -1.39.